The highest BCUT2D eigenvalue weighted by Crippen LogP contribution is 2.15. The van der Waals surface area contributed by atoms with Crippen LogP contribution in [0.4, 0.5) is 0 Å². The zero-order valence-corrected chi connectivity index (χ0v) is 14.0. The number of ether oxygens (including phenoxy) is 1. The zero-order chi connectivity index (χ0) is 16.9. The van der Waals surface area contributed by atoms with Gasteiger partial charge in [-0.25, -0.2) is 9.67 Å². The fourth-order valence-corrected chi connectivity index (χ4v) is 3.02. The molecule has 1 aliphatic heterocycles. The van der Waals surface area contributed by atoms with E-state index in [9.17, 15) is 0 Å². The second kappa shape index (κ2) is 7.44. The highest BCUT2D eigenvalue weighted by molar-refractivity contribution is 5.27. The number of aryl methyl sites for hydroxylation is 1. The molecule has 2 aromatic heterocycles. The van der Waals surface area contributed by atoms with Crippen LogP contribution < -0.4 is 10.1 Å². The smallest absolute Gasteiger partial charge is 0.138 e. The summed E-state index contributed by atoms with van der Waals surface area (Å²) in [4.78, 5) is 8.36. The summed E-state index contributed by atoms with van der Waals surface area (Å²) in [6.07, 6.45) is 7.32. The van der Waals surface area contributed by atoms with Gasteiger partial charge in [-0.15, -0.1) is 0 Å². The van der Waals surface area contributed by atoms with Crippen molar-refractivity contribution < 1.29 is 4.74 Å². The molecular weight excluding hydrogens is 314 g/mol. The average Bonchev–Trinajstić information content (AvgIpc) is 3.14. The molecule has 0 saturated carbocycles. The van der Waals surface area contributed by atoms with Gasteiger partial charge in [0.15, 0.2) is 0 Å². The molecule has 1 atom stereocenters. The average molecular weight is 335 g/mol. The third-order valence-corrected chi connectivity index (χ3v) is 4.45. The monoisotopic (exact) mass is 335 g/mol. The van der Waals surface area contributed by atoms with Crippen LogP contribution >= 0.6 is 0 Å². The van der Waals surface area contributed by atoms with Crippen LogP contribution in [-0.2, 0) is 26.1 Å². The van der Waals surface area contributed by atoms with E-state index in [-0.39, 0.29) is 0 Å². The van der Waals surface area contributed by atoms with Gasteiger partial charge in [0.05, 0.1) is 6.54 Å². The van der Waals surface area contributed by atoms with E-state index >= 15 is 0 Å². The van der Waals surface area contributed by atoms with Crippen molar-refractivity contribution in [1.82, 2.24) is 25.1 Å². The van der Waals surface area contributed by atoms with E-state index in [0.717, 1.165) is 43.1 Å². The standard InChI is InChI=1S/C19H21N5O/c1-2-16(10-20-9-1)13-25-18-6-3-15(4-7-18)11-21-17-5-8-19-22-14-23-24(19)12-17/h1-4,6-7,9-10,14,17,21H,5,8,11-13H2/t17-/m1/s1. The number of fused-ring (bicyclic) bond motifs is 1. The molecule has 6 nitrogen and oxygen atoms in total. The molecule has 0 aliphatic carbocycles. The molecule has 1 N–H and O–H groups in total. The topological polar surface area (TPSA) is 64.9 Å². The Kier molecular flexibility index (Phi) is 4.70. The quantitative estimate of drug-likeness (QED) is 0.749. The van der Waals surface area contributed by atoms with Crippen LogP contribution in [0, 0.1) is 0 Å². The summed E-state index contributed by atoms with van der Waals surface area (Å²) >= 11 is 0. The predicted molar refractivity (Wildman–Crippen MR) is 94.0 cm³/mol. The first kappa shape index (κ1) is 15.8. The molecule has 0 amide bonds. The van der Waals surface area contributed by atoms with Gasteiger partial charge in [-0.3, -0.25) is 4.98 Å². The van der Waals surface area contributed by atoms with E-state index in [1.165, 1.54) is 5.56 Å². The lowest BCUT2D eigenvalue weighted by Crippen LogP contribution is -2.37. The second-order valence-corrected chi connectivity index (χ2v) is 6.27. The van der Waals surface area contributed by atoms with Crippen LogP contribution in [0.15, 0.2) is 55.1 Å². The first-order valence-electron chi connectivity index (χ1n) is 8.57. The van der Waals surface area contributed by atoms with Gasteiger partial charge in [0.25, 0.3) is 0 Å². The Labute approximate surface area is 146 Å². The first-order valence-corrected chi connectivity index (χ1v) is 8.57. The Balaban J connectivity index is 1.26. The van der Waals surface area contributed by atoms with Gasteiger partial charge in [0.2, 0.25) is 0 Å². The molecule has 1 aliphatic rings. The number of hydrogen-bond donors (Lipinski definition) is 1. The maximum Gasteiger partial charge on any atom is 0.138 e. The number of hydrogen-bond acceptors (Lipinski definition) is 5. The molecule has 128 valence electrons. The van der Waals surface area contributed by atoms with Gasteiger partial charge >= 0.3 is 0 Å². The lowest BCUT2D eigenvalue weighted by molar-refractivity contribution is 0.305. The fourth-order valence-electron chi connectivity index (χ4n) is 3.02. The molecule has 3 aromatic rings. The Morgan fingerprint density at radius 3 is 2.92 bits per heavy atom. The molecule has 0 spiro atoms. The van der Waals surface area contributed by atoms with Gasteiger partial charge in [-0.2, -0.15) is 5.10 Å². The summed E-state index contributed by atoms with van der Waals surface area (Å²) in [6.45, 7) is 2.27. The van der Waals surface area contributed by atoms with Crippen molar-refractivity contribution in [2.24, 2.45) is 0 Å². The van der Waals surface area contributed by atoms with E-state index in [4.69, 9.17) is 4.74 Å². The Hall–Kier alpha value is -2.73. The normalized spacial score (nSPS) is 16.4. The van der Waals surface area contributed by atoms with Gasteiger partial charge in [-0.1, -0.05) is 18.2 Å². The molecule has 0 unspecified atom stereocenters. The van der Waals surface area contributed by atoms with Crippen LogP contribution in [0.1, 0.15) is 23.4 Å². The lowest BCUT2D eigenvalue weighted by atomic mass is 10.1. The molecule has 3 heterocycles. The summed E-state index contributed by atoms with van der Waals surface area (Å²) in [5, 5.41) is 7.87. The molecule has 25 heavy (non-hydrogen) atoms. The van der Waals surface area contributed by atoms with Crippen molar-refractivity contribution >= 4 is 0 Å². The van der Waals surface area contributed by atoms with E-state index in [0.29, 0.717) is 12.6 Å². The van der Waals surface area contributed by atoms with Gasteiger partial charge in [0.1, 0.15) is 24.5 Å². The van der Waals surface area contributed by atoms with Gasteiger partial charge in [-0.05, 0) is 30.2 Å². The summed E-state index contributed by atoms with van der Waals surface area (Å²) in [7, 11) is 0. The number of rotatable bonds is 6. The third kappa shape index (κ3) is 4.03. The largest absolute Gasteiger partial charge is 0.489 e. The van der Waals surface area contributed by atoms with Gasteiger partial charge in [0, 0.05) is 37.0 Å². The third-order valence-electron chi connectivity index (χ3n) is 4.45. The summed E-state index contributed by atoms with van der Waals surface area (Å²) in [5.41, 5.74) is 2.32. The molecule has 4 rings (SSSR count). The number of benzene rings is 1. The number of pyridine rings is 1. The second-order valence-electron chi connectivity index (χ2n) is 6.27. The molecule has 6 heteroatoms. The van der Waals surface area contributed by atoms with Gasteiger partial charge < -0.3 is 10.1 Å². The van der Waals surface area contributed by atoms with Crippen LogP contribution in [0.5, 0.6) is 5.75 Å². The van der Waals surface area contributed by atoms with Crippen molar-refractivity contribution in [3.8, 4) is 5.75 Å². The number of aromatic nitrogens is 4. The lowest BCUT2D eigenvalue weighted by Gasteiger charge is -2.23. The van der Waals surface area contributed by atoms with E-state index < -0.39 is 0 Å². The summed E-state index contributed by atoms with van der Waals surface area (Å²) in [5.74, 6) is 1.96. The highest BCUT2D eigenvalue weighted by Gasteiger charge is 2.18. The SMILES string of the molecule is c1cncc(COc2ccc(CN[C@@H]3CCc4ncnn4C3)cc2)c1. The van der Waals surface area contributed by atoms with E-state index in [1.807, 2.05) is 35.1 Å². The van der Waals surface area contributed by atoms with E-state index in [2.05, 4.69) is 32.5 Å². The van der Waals surface area contributed by atoms with Crippen molar-refractivity contribution in [2.45, 2.75) is 38.6 Å². The Morgan fingerprint density at radius 2 is 2.08 bits per heavy atom. The molecule has 0 saturated heterocycles. The molecular formula is C19H21N5O. The van der Waals surface area contributed by atoms with Crippen molar-refractivity contribution in [1.29, 1.82) is 0 Å². The van der Waals surface area contributed by atoms with Crippen LogP contribution in [0.2, 0.25) is 0 Å². The highest BCUT2D eigenvalue weighted by atomic mass is 16.5. The Morgan fingerprint density at radius 1 is 1.16 bits per heavy atom. The first-order chi connectivity index (χ1) is 12.4. The van der Waals surface area contributed by atoms with Crippen molar-refractivity contribution in [3.63, 3.8) is 0 Å². The summed E-state index contributed by atoms with van der Waals surface area (Å²) < 4.78 is 7.79. The van der Waals surface area contributed by atoms with E-state index in [1.54, 1.807) is 12.5 Å². The fraction of sp³-hybridized carbons (Fsp3) is 0.316. The maximum absolute atomic E-state index is 5.79. The van der Waals surface area contributed by atoms with Crippen LogP contribution in [-0.4, -0.2) is 25.8 Å². The molecule has 0 radical (unpaired) electrons. The minimum atomic E-state index is 0.440. The number of nitrogens with one attached hydrogen (secondary N) is 1. The Bertz CT molecular complexity index is 800. The minimum absolute atomic E-state index is 0.440. The van der Waals surface area contributed by atoms with Crippen molar-refractivity contribution in [2.75, 3.05) is 0 Å². The molecule has 0 fully saturated rings. The van der Waals surface area contributed by atoms with Crippen LogP contribution in [0.25, 0.3) is 0 Å². The molecule has 0 bridgehead atoms. The maximum atomic E-state index is 5.79. The molecule has 1 aromatic carbocycles. The predicted octanol–water partition coefficient (Wildman–Crippen LogP) is 2.36. The van der Waals surface area contributed by atoms with Crippen LogP contribution in [0.3, 0.4) is 0 Å². The summed E-state index contributed by atoms with van der Waals surface area (Å²) in [6, 6.07) is 12.6. The number of nitrogens with zero attached hydrogens (tertiary/aromatic N) is 4. The zero-order valence-electron chi connectivity index (χ0n) is 14.0. The van der Waals surface area contributed by atoms with Crippen molar-refractivity contribution in [3.05, 3.63) is 72.1 Å². The minimum Gasteiger partial charge on any atom is -0.489 e.